The zero-order valence-corrected chi connectivity index (χ0v) is 15.5. The highest BCUT2D eigenvalue weighted by Crippen LogP contribution is 2.16. The quantitative estimate of drug-likeness (QED) is 0.478. The van der Waals surface area contributed by atoms with Gasteiger partial charge in [-0.1, -0.05) is 66.9 Å². The van der Waals surface area contributed by atoms with Gasteiger partial charge in [0.05, 0.1) is 0 Å². The summed E-state index contributed by atoms with van der Waals surface area (Å²) in [6.07, 6.45) is 8.20. The van der Waals surface area contributed by atoms with Gasteiger partial charge < -0.3 is 10.2 Å². The normalized spacial score (nSPS) is 13.0. The SMILES string of the molecule is C=C(C(C)C)N(C)CC(C)CCCCCCCNC(C)C. The summed E-state index contributed by atoms with van der Waals surface area (Å²) in [6.45, 7) is 17.7. The summed E-state index contributed by atoms with van der Waals surface area (Å²) in [5.74, 6) is 1.33. The van der Waals surface area contributed by atoms with E-state index in [9.17, 15) is 0 Å². The second-order valence-electron chi connectivity index (χ2n) is 7.30. The van der Waals surface area contributed by atoms with Crippen molar-refractivity contribution in [2.45, 2.75) is 79.2 Å². The minimum Gasteiger partial charge on any atom is -0.378 e. The molecule has 0 aromatic carbocycles. The van der Waals surface area contributed by atoms with Gasteiger partial charge >= 0.3 is 0 Å². The first-order chi connectivity index (χ1) is 9.84. The van der Waals surface area contributed by atoms with Gasteiger partial charge in [-0.3, -0.25) is 0 Å². The molecule has 0 saturated carbocycles. The van der Waals surface area contributed by atoms with Gasteiger partial charge in [0.15, 0.2) is 0 Å². The summed E-state index contributed by atoms with van der Waals surface area (Å²) in [5, 5.41) is 3.48. The van der Waals surface area contributed by atoms with Gasteiger partial charge in [0, 0.05) is 25.3 Å². The van der Waals surface area contributed by atoms with Crippen molar-refractivity contribution in [2.75, 3.05) is 20.1 Å². The Morgan fingerprint density at radius 1 is 0.952 bits per heavy atom. The van der Waals surface area contributed by atoms with Crippen molar-refractivity contribution in [1.29, 1.82) is 0 Å². The van der Waals surface area contributed by atoms with Crippen LogP contribution in [0.2, 0.25) is 0 Å². The van der Waals surface area contributed by atoms with Gasteiger partial charge in [0.1, 0.15) is 0 Å². The molecular weight excluding hydrogens is 256 g/mol. The van der Waals surface area contributed by atoms with Crippen LogP contribution >= 0.6 is 0 Å². The van der Waals surface area contributed by atoms with Crippen molar-refractivity contribution < 1.29 is 0 Å². The van der Waals surface area contributed by atoms with Gasteiger partial charge in [0.2, 0.25) is 0 Å². The van der Waals surface area contributed by atoms with Gasteiger partial charge in [-0.05, 0) is 31.2 Å². The first kappa shape index (κ1) is 20.5. The highest BCUT2D eigenvalue weighted by Gasteiger charge is 2.10. The molecule has 21 heavy (non-hydrogen) atoms. The highest BCUT2D eigenvalue weighted by molar-refractivity contribution is 4.95. The van der Waals surface area contributed by atoms with E-state index < -0.39 is 0 Å². The Morgan fingerprint density at radius 3 is 2.10 bits per heavy atom. The summed E-state index contributed by atoms with van der Waals surface area (Å²) >= 11 is 0. The lowest BCUT2D eigenvalue weighted by atomic mass is 10.0. The third-order valence-corrected chi connectivity index (χ3v) is 4.17. The van der Waals surface area contributed by atoms with Gasteiger partial charge in [-0.25, -0.2) is 0 Å². The number of hydrogen-bond acceptors (Lipinski definition) is 2. The molecule has 0 radical (unpaired) electrons. The fraction of sp³-hybridized carbons (Fsp3) is 0.895. The maximum absolute atomic E-state index is 4.18. The van der Waals surface area contributed by atoms with E-state index in [0.29, 0.717) is 12.0 Å². The van der Waals surface area contributed by atoms with Crippen molar-refractivity contribution in [3.63, 3.8) is 0 Å². The lowest BCUT2D eigenvalue weighted by Gasteiger charge is -2.27. The zero-order chi connectivity index (χ0) is 16.3. The topological polar surface area (TPSA) is 15.3 Å². The number of unbranched alkanes of at least 4 members (excludes halogenated alkanes) is 4. The highest BCUT2D eigenvalue weighted by atomic mass is 15.1. The van der Waals surface area contributed by atoms with Crippen LogP contribution in [0, 0.1) is 11.8 Å². The molecule has 0 aliphatic carbocycles. The van der Waals surface area contributed by atoms with Crippen molar-refractivity contribution in [2.24, 2.45) is 11.8 Å². The molecule has 0 rings (SSSR count). The molecule has 0 heterocycles. The number of rotatable bonds is 13. The Morgan fingerprint density at radius 2 is 1.52 bits per heavy atom. The Bertz CT molecular complexity index is 258. The van der Waals surface area contributed by atoms with Crippen LogP contribution in [0.3, 0.4) is 0 Å². The van der Waals surface area contributed by atoms with E-state index in [1.165, 1.54) is 50.8 Å². The van der Waals surface area contributed by atoms with E-state index in [1.54, 1.807) is 0 Å². The van der Waals surface area contributed by atoms with Gasteiger partial charge in [-0.15, -0.1) is 0 Å². The second kappa shape index (κ2) is 12.1. The monoisotopic (exact) mass is 296 g/mol. The number of allylic oxidation sites excluding steroid dienone is 1. The summed E-state index contributed by atoms with van der Waals surface area (Å²) in [5.41, 5.74) is 1.26. The van der Waals surface area contributed by atoms with Crippen LogP contribution in [-0.4, -0.2) is 31.1 Å². The van der Waals surface area contributed by atoms with Crippen LogP contribution in [0.1, 0.15) is 73.1 Å². The van der Waals surface area contributed by atoms with Crippen molar-refractivity contribution in [1.82, 2.24) is 10.2 Å². The smallest absolute Gasteiger partial charge is 0.0197 e. The predicted molar refractivity (Wildman–Crippen MR) is 96.6 cm³/mol. The third-order valence-electron chi connectivity index (χ3n) is 4.17. The molecule has 2 heteroatoms. The van der Waals surface area contributed by atoms with E-state index >= 15 is 0 Å². The molecule has 0 spiro atoms. The van der Waals surface area contributed by atoms with Crippen molar-refractivity contribution in [3.8, 4) is 0 Å². The van der Waals surface area contributed by atoms with Crippen molar-refractivity contribution >= 4 is 0 Å². The molecule has 0 bridgehead atoms. The summed E-state index contributed by atoms with van der Waals surface area (Å²) in [7, 11) is 2.18. The molecule has 0 fully saturated rings. The summed E-state index contributed by atoms with van der Waals surface area (Å²) < 4.78 is 0. The fourth-order valence-electron chi connectivity index (χ4n) is 2.66. The van der Waals surface area contributed by atoms with E-state index in [2.05, 4.69) is 58.5 Å². The third kappa shape index (κ3) is 11.8. The van der Waals surface area contributed by atoms with E-state index in [1.807, 2.05) is 0 Å². The number of nitrogens with zero attached hydrogens (tertiary/aromatic N) is 1. The number of hydrogen-bond donors (Lipinski definition) is 1. The van der Waals surface area contributed by atoms with Crippen LogP contribution in [0.15, 0.2) is 12.3 Å². The van der Waals surface area contributed by atoms with Crippen LogP contribution in [0.25, 0.3) is 0 Å². The molecule has 0 aliphatic heterocycles. The van der Waals surface area contributed by atoms with Crippen LogP contribution < -0.4 is 5.32 Å². The molecular formula is C19H40N2. The van der Waals surface area contributed by atoms with Crippen molar-refractivity contribution in [3.05, 3.63) is 12.3 Å². The van der Waals surface area contributed by atoms with E-state index in [-0.39, 0.29) is 0 Å². The maximum atomic E-state index is 4.18. The first-order valence-electron chi connectivity index (χ1n) is 8.97. The minimum atomic E-state index is 0.557. The molecule has 0 aromatic rings. The second-order valence-corrected chi connectivity index (χ2v) is 7.30. The Kier molecular flexibility index (Phi) is 11.8. The Hall–Kier alpha value is -0.500. The zero-order valence-electron chi connectivity index (χ0n) is 15.5. The summed E-state index contributed by atoms with van der Waals surface area (Å²) in [6, 6.07) is 0.628. The largest absolute Gasteiger partial charge is 0.378 e. The van der Waals surface area contributed by atoms with Crippen LogP contribution in [0.5, 0.6) is 0 Å². The lowest BCUT2D eigenvalue weighted by Crippen LogP contribution is -2.25. The van der Waals surface area contributed by atoms with E-state index in [4.69, 9.17) is 0 Å². The fourth-order valence-corrected chi connectivity index (χ4v) is 2.66. The van der Waals surface area contributed by atoms with Crippen LogP contribution in [-0.2, 0) is 0 Å². The maximum Gasteiger partial charge on any atom is 0.0197 e. The molecule has 0 aromatic heterocycles. The molecule has 0 saturated heterocycles. The van der Waals surface area contributed by atoms with Gasteiger partial charge in [-0.2, -0.15) is 0 Å². The minimum absolute atomic E-state index is 0.557. The molecule has 0 aliphatic rings. The Balaban J connectivity index is 3.49. The first-order valence-corrected chi connectivity index (χ1v) is 8.97. The average Bonchev–Trinajstić information content (AvgIpc) is 2.40. The molecule has 1 N–H and O–H groups in total. The molecule has 126 valence electrons. The Labute approximate surface area is 134 Å². The standard InChI is InChI=1S/C19H40N2/c1-16(2)19(6)21(7)15-18(5)13-11-9-8-10-12-14-20-17(3)4/h16-18,20H,6,8-15H2,1-5,7H3. The van der Waals surface area contributed by atoms with Crippen LogP contribution in [0.4, 0.5) is 0 Å². The predicted octanol–water partition coefficient (Wildman–Crippen LogP) is 5.06. The van der Waals surface area contributed by atoms with E-state index in [0.717, 1.165) is 12.5 Å². The number of nitrogens with one attached hydrogen (secondary N) is 1. The molecule has 1 atom stereocenters. The molecule has 0 amide bonds. The molecule has 2 nitrogen and oxygen atoms in total. The van der Waals surface area contributed by atoms with Gasteiger partial charge in [0.25, 0.3) is 0 Å². The molecule has 1 unspecified atom stereocenters. The lowest BCUT2D eigenvalue weighted by molar-refractivity contribution is 0.306. The summed E-state index contributed by atoms with van der Waals surface area (Å²) in [4.78, 5) is 2.34. The average molecular weight is 297 g/mol.